The van der Waals surface area contributed by atoms with E-state index in [4.69, 9.17) is 0 Å². The molecule has 5 heteroatoms. The zero-order valence-electron chi connectivity index (χ0n) is 14.8. The Kier molecular flexibility index (Phi) is 4.28. The quantitative estimate of drug-likeness (QED) is 0.776. The first-order chi connectivity index (χ1) is 13.0. The monoisotopic (exact) mass is 361 g/mol. The van der Waals surface area contributed by atoms with Crippen LogP contribution in [0.25, 0.3) is 0 Å². The Morgan fingerprint density at radius 1 is 1.00 bits per heavy atom. The van der Waals surface area contributed by atoms with E-state index in [9.17, 15) is 14.0 Å². The molecule has 0 saturated heterocycles. The molecule has 27 heavy (non-hydrogen) atoms. The van der Waals surface area contributed by atoms with Gasteiger partial charge >= 0.3 is 11.9 Å². The van der Waals surface area contributed by atoms with Gasteiger partial charge in [-0.15, -0.1) is 4.90 Å². The minimum atomic E-state index is -0.519. The van der Waals surface area contributed by atoms with Gasteiger partial charge in [-0.25, -0.2) is 9.18 Å². The summed E-state index contributed by atoms with van der Waals surface area (Å²) in [5.41, 5.74) is 3.02. The number of halogens is 1. The second kappa shape index (κ2) is 6.76. The van der Waals surface area contributed by atoms with Crippen LogP contribution in [0, 0.1) is 18.7 Å². The van der Waals surface area contributed by atoms with E-state index < -0.39 is 11.9 Å². The predicted molar refractivity (Wildman–Crippen MR) is 101 cm³/mol. The number of hydrogen-bond donors (Lipinski definition) is 0. The maximum absolute atomic E-state index is 13.2. The van der Waals surface area contributed by atoms with Gasteiger partial charge in [0.1, 0.15) is 29.7 Å². The minimum absolute atomic E-state index is 0.263. The molecule has 0 saturated carbocycles. The van der Waals surface area contributed by atoms with Crippen LogP contribution in [0.2, 0.25) is 0 Å². The number of urea groups is 1. The average Bonchev–Trinajstić information content (AvgIpc) is 2.68. The number of amides is 3. The number of rotatable bonds is 3. The molecule has 134 valence electrons. The smallest absolute Gasteiger partial charge is 0.245 e. The molecule has 0 aromatic heterocycles. The lowest BCUT2D eigenvalue weighted by molar-refractivity contribution is -0.445. The third-order valence-electron chi connectivity index (χ3n) is 4.77. The lowest BCUT2D eigenvalue weighted by Gasteiger charge is -2.26. The summed E-state index contributed by atoms with van der Waals surface area (Å²) in [6.45, 7) is 2.21. The first-order valence-electron chi connectivity index (χ1n) is 8.73. The van der Waals surface area contributed by atoms with Crippen molar-refractivity contribution in [3.05, 3.63) is 89.8 Å². The van der Waals surface area contributed by atoms with Crippen molar-refractivity contribution in [3.8, 4) is 0 Å². The molecule has 1 aliphatic carbocycles. The van der Waals surface area contributed by atoms with Crippen molar-refractivity contribution < 1.29 is 18.6 Å². The molecule has 3 amide bonds. The van der Waals surface area contributed by atoms with Crippen molar-refractivity contribution in [1.29, 1.82) is 0 Å². The van der Waals surface area contributed by atoms with Gasteiger partial charge in [0.15, 0.2) is 0 Å². The minimum Gasteiger partial charge on any atom is -0.245 e. The molecule has 1 atom stereocenters. The summed E-state index contributed by atoms with van der Waals surface area (Å²) in [5.74, 6) is -1.12. The molecule has 4 rings (SSSR count). The largest absolute Gasteiger partial charge is 0.506 e. The van der Waals surface area contributed by atoms with Crippen LogP contribution in [0.3, 0.4) is 0 Å². The molecule has 2 aromatic rings. The second-order valence-corrected chi connectivity index (χ2v) is 6.65. The highest BCUT2D eigenvalue weighted by molar-refractivity contribution is 6.25. The predicted octanol–water partition coefficient (Wildman–Crippen LogP) is 4.00. The van der Waals surface area contributed by atoms with Crippen molar-refractivity contribution >= 4 is 23.3 Å². The SMILES string of the molecule is Cc1ccc(N2C(=O)C3C=CC=CC3=[N+](Cc3ccc(F)cc3)C2=O)cc1. The summed E-state index contributed by atoms with van der Waals surface area (Å²) in [4.78, 5) is 27.5. The van der Waals surface area contributed by atoms with Crippen LogP contribution in [-0.2, 0) is 11.3 Å². The molecule has 2 aliphatic rings. The summed E-state index contributed by atoms with van der Waals surface area (Å²) < 4.78 is 14.8. The summed E-state index contributed by atoms with van der Waals surface area (Å²) >= 11 is 0. The molecule has 0 bridgehead atoms. The van der Waals surface area contributed by atoms with Gasteiger partial charge in [0.25, 0.3) is 0 Å². The fraction of sp³-hybridized carbons (Fsp3) is 0.136. The van der Waals surface area contributed by atoms with E-state index in [0.717, 1.165) is 11.1 Å². The van der Waals surface area contributed by atoms with E-state index >= 15 is 0 Å². The Morgan fingerprint density at radius 2 is 1.70 bits per heavy atom. The lowest BCUT2D eigenvalue weighted by Crippen LogP contribution is -2.54. The first kappa shape index (κ1) is 17.1. The topological polar surface area (TPSA) is 40.4 Å². The highest BCUT2D eigenvalue weighted by atomic mass is 19.1. The normalized spacial score (nSPS) is 18.9. The molecular weight excluding hydrogens is 343 g/mol. The average molecular weight is 361 g/mol. The van der Waals surface area contributed by atoms with Gasteiger partial charge in [0.05, 0.1) is 0 Å². The number of aryl methyl sites for hydroxylation is 1. The molecule has 1 unspecified atom stereocenters. The third kappa shape index (κ3) is 3.12. The van der Waals surface area contributed by atoms with E-state index in [0.29, 0.717) is 11.4 Å². The van der Waals surface area contributed by atoms with Gasteiger partial charge in [-0.3, -0.25) is 0 Å². The molecule has 1 heterocycles. The van der Waals surface area contributed by atoms with Gasteiger partial charge in [-0.05, 0) is 42.8 Å². The summed E-state index contributed by atoms with van der Waals surface area (Å²) in [7, 11) is 0. The van der Waals surface area contributed by atoms with Crippen LogP contribution >= 0.6 is 0 Å². The van der Waals surface area contributed by atoms with Gasteiger partial charge in [0, 0.05) is 0 Å². The molecule has 0 spiro atoms. The van der Waals surface area contributed by atoms with Crippen molar-refractivity contribution in [2.75, 3.05) is 4.90 Å². The molecule has 2 aromatic carbocycles. The molecule has 0 N–H and O–H groups in total. The van der Waals surface area contributed by atoms with Crippen LogP contribution in [0.15, 0.2) is 72.8 Å². The highest BCUT2D eigenvalue weighted by Crippen LogP contribution is 2.26. The third-order valence-corrected chi connectivity index (χ3v) is 4.77. The molecule has 1 aliphatic heterocycles. The van der Waals surface area contributed by atoms with Crippen LogP contribution in [-0.4, -0.2) is 22.2 Å². The summed E-state index contributed by atoms with van der Waals surface area (Å²) in [6.07, 6.45) is 7.20. The Labute approximate surface area is 156 Å². The number of benzene rings is 2. The number of fused-ring (bicyclic) bond motifs is 1. The molecule has 0 fully saturated rings. The fourth-order valence-electron chi connectivity index (χ4n) is 3.33. The van der Waals surface area contributed by atoms with Crippen LogP contribution in [0.1, 0.15) is 11.1 Å². The van der Waals surface area contributed by atoms with Crippen molar-refractivity contribution in [3.63, 3.8) is 0 Å². The Morgan fingerprint density at radius 3 is 2.41 bits per heavy atom. The number of anilines is 1. The van der Waals surface area contributed by atoms with E-state index in [1.165, 1.54) is 17.0 Å². The standard InChI is InChI=1S/C22H18FN2O2/c1-15-6-12-18(13-7-15)25-21(26)19-4-2-3-5-20(19)24(22(25)27)14-16-8-10-17(23)11-9-16/h2-13,19H,14H2,1H3/q+1. The number of carbonyl (C=O) groups excluding carboxylic acids is 2. The van der Waals surface area contributed by atoms with Gasteiger partial charge in [0.2, 0.25) is 0 Å². The molecule has 0 radical (unpaired) electrons. The first-order valence-corrected chi connectivity index (χ1v) is 8.73. The zero-order chi connectivity index (χ0) is 19.0. The van der Waals surface area contributed by atoms with Crippen molar-refractivity contribution in [2.24, 2.45) is 5.92 Å². The van der Waals surface area contributed by atoms with E-state index in [2.05, 4.69) is 0 Å². The Bertz CT molecular complexity index is 1000. The van der Waals surface area contributed by atoms with Crippen LogP contribution in [0.5, 0.6) is 0 Å². The number of nitrogens with zero attached hydrogens (tertiary/aromatic N) is 2. The molecule has 4 nitrogen and oxygen atoms in total. The Hall–Kier alpha value is -3.34. The number of allylic oxidation sites excluding steroid dienone is 3. The lowest BCUT2D eigenvalue weighted by atomic mass is 9.94. The maximum atomic E-state index is 13.2. The van der Waals surface area contributed by atoms with Crippen molar-refractivity contribution in [2.45, 2.75) is 13.5 Å². The summed E-state index contributed by atoms with van der Waals surface area (Å²) in [5, 5.41) is 0. The maximum Gasteiger partial charge on any atom is 0.506 e. The van der Waals surface area contributed by atoms with Gasteiger partial charge < -0.3 is 0 Å². The molecular formula is C22H18FN2O2+. The number of imide groups is 1. The zero-order valence-corrected chi connectivity index (χ0v) is 14.8. The van der Waals surface area contributed by atoms with Gasteiger partial charge in [-0.2, -0.15) is 9.37 Å². The second-order valence-electron chi connectivity index (χ2n) is 6.65. The van der Waals surface area contributed by atoms with E-state index in [-0.39, 0.29) is 18.3 Å². The van der Waals surface area contributed by atoms with E-state index in [1.807, 2.05) is 31.2 Å². The van der Waals surface area contributed by atoms with Crippen molar-refractivity contribution in [1.82, 2.24) is 0 Å². The Balaban J connectivity index is 1.79. The van der Waals surface area contributed by atoms with E-state index in [1.54, 1.807) is 41.0 Å². The summed E-state index contributed by atoms with van der Waals surface area (Å²) in [6, 6.07) is 12.9. The fourth-order valence-corrected chi connectivity index (χ4v) is 3.33. The van der Waals surface area contributed by atoms with Crippen LogP contribution < -0.4 is 4.90 Å². The number of carbonyl (C=O) groups is 2. The number of hydrogen-bond acceptors (Lipinski definition) is 2. The van der Waals surface area contributed by atoms with Crippen LogP contribution in [0.4, 0.5) is 14.9 Å². The highest BCUT2D eigenvalue weighted by Gasteiger charge is 2.47. The van der Waals surface area contributed by atoms with Gasteiger partial charge in [-0.1, -0.05) is 48.1 Å².